The first-order valence-electron chi connectivity index (χ1n) is 18.8. The number of aromatic nitrogens is 3. The monoisotopic (exact) mass is 754 g/mol. The molecule has 1 aliphatic heterocycles. The van der Waals surface area contributed by atoms with Crippen LogP contribution < -0.4 is 0 Å². The van der Waals surface area contributed by atoms with Gasteiger partial charge in [0.15, 0.2) is 17.5 Å². The minimum atomic E-state index is 0. The number of allylic oxidation sites excluding steroid dienone is 5. The number of hydrogen-bond donors (Lipinski definition) is 0. The van der Waals surface area contributed by atoms with E-state index in [2.05, 4.69) is 141 Å². The molecule has 0 N–H and O–H groups in total. The molecular weight excluding hydrogens is 713 g/mol. The van der Waals surface area contributed by atoms with Crippen molar-refractivity contribution < 1.29 is 0 Å². The van der Waals surface area contributed by atoms with Crippen molar-refractivity contribution in [1.29, 1.82) is 0 Å². The van der Waals surface area contributed by atoms with Crippen LogP contribution in [0.15, 0.2) is 206 Å². The molecule has 57 heavy (non-hydrogen) atoms. The van der Waals surface area contributed by atoms with E-state index in [-0.39, 0.29) is 13.5 Å². The van der Waals surface area contributed by atoms with Gasteiger partial charge in [-0.1, -0.05) is 164 Å². The van der Waals surface area contributed by atoms with Crippen LogP contribution in [-0.4, -0.2) is 27.7 Å². The molecule has 0 saturated heterocycles. The van der Waals surface area contributed by atoms with Crippen molar-refractivity contribution in [2.24, 2.45) is 4.99 Å². The molecule has 0 fully saturated rings. The minimum Gasteiger partial charge on any atom is -0.288 e. The highest BCUT2D eigenvalue weighted by Gasteiger charge is 2.16. The van der Waals surface area contributed by atoms with Gasteiger partial charge in [0, 0.05) is 22.9 Å². The number of fused-ring (bicyclic) bond motifs is 3. The van der Waals surface area contributed by atoms with E-state index in [1.165, 1.54) is 32.7 Å². The Morgan fingerprint density at radius 3 is 1.63 bits per heavy atom. The maximum absolute atomic E-state index is 5.09. The van der Waals surface area contributed by atoms with Crippen molar-refractivity contribution in [3.05, 3.63) is 207 Å². The van der Waals surface area contributed by atoms with Crippen LogP contribution in [0.3, 0.4) is 0 Å². The molecule has 0 spiro atoms. The Morgan fingerprint density at radius 1 is 0.421 bits per heavy atom. The van der Waals surface area contributed by atoms with Crippen LogP contribution in [-0.2, 0) is 0 Å². The number of benzene rings is 7. The second-order valence-electron chi connectivity index (χ2n) is 13.4. The molecule has 0 saturated carbocycles. The minimum absolute atomic E-state index is 0. The van der Waals surface area contributed by atoms with Gasteiger partial charge in [0.1, 0.15) is 0 Å². The van der Waals surface area contributed by atoms with Gasteiger partial charge in [0.05, 0.1) is 6.54 Å². The van der Waals surface area contributed by atoms with Gasteiger partial charge >= 0.3 is 0 Å². The fraction of sp³-hybridized carbons (Fsp3) is 0.0385. The molecule has 7 aromatic carbocycles. The summed E-state index contributed by atoms with van der Waals surface area (Å²) in [6.07, 6.45) is 13.4. The number of aliphatic imine (C=N–C) groups is 1. The molecule has 0 bridgehead atoms. The molecule has 8 aromatic rings. The van der Waals surface area contributed by atoms with Gasteiger partial charge in [-0.3, -0.25) is 4.99 Å². The van der Waals surface area contributed by atoms with Crippen molar-refractivity contribution in [2.45, 2.75) is 6.42 Å². The van der Waals surface area contributed by atoms with E-state index in [0.717, 1.165) is 45.4 Å². The lowest BCUT2D eigenvalue weighted by atomic mass is 9.91. The van der Waals surface area contributed by atoms with Crippen molar-refractivity contribution in [2.75, 3.05) is 6.54 Å². The van der Waals surface area contributed by atoms with Crippen molar-refractivity contribution in [1.82, 2.24) is 15.0 Å². The summed E-state index contributed by atoms with van der Waals surface area (Å²) in [6, 6.07) is 55.4. The summed E-state index contributed by atoms with van der Waals surface area (Å²) in [5, 5.41) is 5.02. The molecule has 1 aromatic heterocycles. The first-order valence-corrected chi connectivity index (χ1v) is 18.8. The van der Waals surface area contributed by atoms with Crippen LogP contribution in [0.5, 0.6) is 0 Å². The Morgan fingerprint density at radius 2 is 0.947 bits per heavy atom. The van der Waals surface area contributed by atoms with Gasteiger partial charge in [-0.2, -0.15) is 13.5 Å². The van der Waals surface area contributed by atoms with E-state index in [1.807, 2.05) is 66.9 Å². The molecule has 2 heterocycles. The Labute approximate surface area is 341 Å². The van der Waals surface area contributed by atoms with Gasteiger partial charge in [-0.05, 0) is 85.6 Å². The fourth-order valence-electron chi connectivity index (χ4n) is 7.11. The molecule has 0 radical (unpaired) electrons. The predicted octanol–water partition coefficient (Wildman–Crippen LogP) is 13.4. The lowest BCUT2D eigenvalue weighted by Crippen LogP contribution is -2.01. The molecule has 1 aliphatic rings. The number of nitrogens with zero attached hydrogens (tertiary/aromatic N) is 4. The Kier molecular flexibility index (Phi) is 12.2. The van der Waals surface area contributed by atoms with Gasteiger partial charge in [0.2, 0.25) is 0 Å². The molecule has 5 heteroatoms. The fourth-order valence-corrected chi connectivity index (χ4v) is 7.11. The summed E-state index contributed by atoms with van der Waals surface area (Å²) in [5.74, 6) is 1.88. The maximum Gasteiger partial charge on any atom is 0.164 e. The van der Waals surface area contributed by atoms with E-state index >= 15 is 0 Å². The van der Waals surface area contributed by atoms with Crippen LogP contribution in [0.1, 0.15) is 12.0 Å². The summed E-state index contributed by atoms with van der Waals surface area (Å²) in [6.45, 7) is 6.62. The topological polar surface area (TPSA) is 51.0 Å². The zero-order chi connectivity index (χ0) is 38.1. The van der Waals surface area contributed by atoms with E-state index in [4.69, 9.17) is 19.9 Å². The molecule has 9 rings (SSSR count). The van der Waals surface area contributed by atoms with Crippen molar-refractivity contribution in [3.63, 3.8) is 0 Å². The zero-order valence-corrected chi connectivity index (χ0v) is 32.6. The van der Waals surface area contributed by atoms with Crippen LogP contribution in [0.25, 0.3) is 83.5 Å². The molecule has 0 amide bonds. The molecular formula is C52H42N4S. The van der Waals surface area contributed by atoms with Crippen LogP contribution in [0.4, 0.5) is 0 Å². The van der Waals surface area contributed by atoms with Gasteiger partial charge in [-0.25, -0.2) is 15.0 Å². The molecule has 276 valence electrons. The second-order valence-corrected chi connectivity index (χ2v) is 13.4. The van der Waals surface area contributed by atoms with E-state index in [1.54, 1.807) is 0 Å². The Hall–Kier alpha value is -6.95. The van der Waals surface area contributed by atoms with E-state index < -0.39 is 0 Å². The maximum atomic E-state index is 5.09. The van der Waals surface area contributed by atoms with E-state index in [9.17, 15) is 0 Å². The molecule has 0 aliphatic carbocycles. The molecule has 0 atom stereocenters. The second kappa shape index (κ2) is 18.1. The third kappa shape index (κ3) is 8.50. The smallest absolute Gasteiger partial charge is 0.164 e. The third-order valence-electron chi connectivity index (χ3n) is 9.82. The quantitative estimate of drug-likeness (QED) is 0.125. The standard InChI is InChI=1S/C50H36N4.C2H4.H2S/c1-2-6-21-40(34-51-29-15-3-1)42-30-41(35-25-27-36(28-26-35)47-33-39-20-11-12-22-44(39)45-23-13-14-24-46(45)47)31-43(32-42)50-53-48(37-16-7-4-8-17-37)52-49(54-50)38-18-9-5-10-19-38;1-2;/h1-5,7-28,30-34H,6,29H2;1-2H2;1H2/b2-1-,15-3-,40-21+,51-34?;;. The van der Waals surface area contributed by atoms with Crippen LogP contribution in [0.2, 0.25) is 0 Å². The summed E-state index contributed by atoms with van der Waals surface area (Å²) < 4.78 is 0. The van der Waals surface area contributed by atoms with Crippen LogP contribution >= 0.6 is 13.5 Å². The highest BCUT2D eigenvalue weighted by Crippen LogP contribution is 2.37. The lowest BCUT2D eigenvalue weighted by Gasteiger charge is -2.14. The third-order valence-corrected chi connectivity index (χ3v) is 9.82. The first-order chi connectivity index (χ1) is 27.8. The van der Waals surface area contributed by atoms with Gasteiger partial charge in [0.25, 0.3) is 0 Å². The Bertz CT molecular complexity index is 2710. The number of rotatable bonds is 6. The zero-order valence-electron chi connectivity index (χ0n) is 31.6. The summed E-state index contributed by atoms with van der Waals surface area (Å²) in [4.78, 5) is 19.9. The van der Waals surface area contributed by atoms with Crippen LogP contribution in [0, 0.1) is 0 Å². The van der Waals surface area contributed by atoms with Crippen molar-refractivity contribution in [3.8, 4) is 56.4 Å². The average Bonchev–Trinajstić information content (AvgIpc) is 3.29. The van der Waals surface area contributed by atoms with Gasteiger partial charge in [-0.15, -0.1) is 13.2 Å². The SMILES string of the molecule is C1=NC/C=C\C=C/C/C=C\1c1cc(-c2ccc(-c3cc4ccccc4c4ccccc34)cc2)cc(-c2nc(-c3ccccc3)nc(-c3ccccc3)n2)c1.C=C.S. The normalized spacial score (nSPS) is 14.4. The molecule has 0 unspecified atom stereocenters. The average molecular weight is 755 g/mol. The number of hydrogen-bond acceptors (Lipinski definition) is 4. The summed E-state index contributed by atoms with van der Waals surface area (Å²) in [7, 11) is 0. The highest BCUT2D eigenvalue weighted by molar-refractivity contribution is 7.59. The summed E-state index contributed by atoms with van der Waals surface area (Å²) in [5.41, 5.74) is 9.47. The summed E-state index contributed by atoms with van der Waals surface area (Å²) >= 11 is 0. The lowest BCUT2D eigenvalue weighted by molar-refractivity contribution is 1.07. The largest absolute Gasteiger partial charge is 0.288 e. The van der Waals surface area contributed by atoms with Crippen molar-refractivity contribution >= 4 is 46.8 Å². The molecule has 4 nitrogen and oxygen atoms in total. The highest BCUT2D eigenvalue weighted by atomic mass is 32.1. The van der Waals surface area contributed by atoms with E-state index in [0.29, 0.717) is 24.0 Å². The predicted molar refractivity (Wildman–Crippen MR) is 248 cm³/mol. The van der Waals surface area contributed by atoms with Gasteiger partial charge < -0.3 is 0 Å². The Balaban J connectivity index is 0.00000163. The first kappa shape index (κ1) is 38.3.